The first-order valence-corrected chi connectivity index (χ1v) is 5.22. The van der Waals surface area contributed by atoms with Gasteiger partial charge in [-0.25, -0.2) is 4.98 Å². The third-order valence-electron chi connectivity index (χ3n) is 2.64. The number of aromatic nitrogens is 3. The Kier molecular flexibility index (Phi) is 2.19. The van der Waals surface area contributed by atoms with Crippen LogP contribution in [0.15, 0.2) is 53.8 Å². The summed E-state index contributed by atoms with van der Waals surface area (Å²) in [7, 11) is 0. The van der Waals surface area contributed by atoms with Gasteiger partial charge in [0.25, 0.3) is 5.56 Å². The fourth-order valence-corrected chi connectivity index (χ4v) is 1.85. The van der Waals surface area contributed by atoms with Gasteiger partial charge >= 0.3 is 0 Å². The van der Waals surface area contributed by atoms with Crippen LogP contribution in [0.2, 0.25) is 0 Å². The number of H-pyrrole nitrogens is 1. The van der Waals surface area contributed by atoms with Crippen molar-refractivity contribution in [2.45, 2.75) is 0 Å². The molecule has 0 unspecified atom stereocenters. The first-order chi connectivity index (χ1) is 8.34. The Morgan fingerprint density at radius 1 is 1.18 bits per heavy atom. The predicted octanol–water partition coefficient (Wildman–Crippen LogP) is 1.99. The molecule has 0 amide bonds. The second-order valence-corrected chi connectivity index (χ2v) is 3.70. The Morgan fingerprint density at radius 3 is 3.00 bits per heavy atom. The number of aromatic amines is 1. The fraction of sp³-hybridized carbons (Fsp3) is 0. The zero-order valence-corrected chi connectivity index (χ0v) is 8.92. The van der Waals surface area contributed by atoms with Crippen LogP contribution < -0.4 is 5.56 Å². The van der Waals surface area contributed by atoms with Crippen LogP contribution in [0, 0.1) is 0 Å². The van der Waals surface area contributed by atoms with Gasteiger partial charge < -0.3 is 4.98 Å². The quantitative estimate of drug-likeness (QED) is 0.686. The minimum Gasteiger partial charge on any atom is -0.313 e. The van der Waals surface area contributed by atoms with Gasteiger partial charge in [-0.1, -0.05) is 18.2 Å². The summed E-state index contributed by atoms with van der Waals surface area (Å²) in [6.07, 6.45) is 4.94. The highest BCUT2D eigenvalue weighted by molar-refractivity contribution is 5.94. The lowest BCUT2D eigenvalue weighted by molar-refractivity contribution is 1.12. The number of hydrogen-bond acceptors (Lipinski definition) is 3. The lowest BCUT2D eigenvalue weighted by atomic mass is 10.0. The number of fused-ring (bicyclic) bond motifs is 1. The lowest BCUT2D eigenvalue weighted by Gasteiger charge is -2.04. The molecule has 3 aromatic rings. The number of hydrogen-bond donors (Lipinski definition) is 1. The maximum absolute atomic E-state index is 11.3. The molecular weight excluding hydrogens is 214 g/mol. The van der Waals surface area contributed by atoms with E-state index >= 15 is 0 Å². The molecule has 0 saturated heterocycles. The second-order valence-electron chi connectivity index (χ2n) is 3.70. The van der Waals surface area contributed by atoms with E-state index in [1.165, 1.54) is 12.4 Å². The molecule has 82 valence electrons. The minimum absolute atomic E-state index is 0.157. The van der Waals surface area contributed by atoms with Crippen molar-refractivity contribution in [1.82, 2.24) is 15.0 Å². The van der Waals surface area contributed by atoms with E-state index in [0.717, 1.165) is 16.3 Å². The fourth-order valence-electron chi connectivity index (χ4n) is 1.85. The zero-order chi connectivity index (χ0) is 11.7. The average molecular weight is 223 g/mol. The van der Waals surface area contributed by atoms with Crippen LogP contribution in [0.4, 0.5) is 0 Å². The standard InChI is InChI=1S/C13H9N3O/c17-13-6-12(15-8-16-13)10-3-1-2-9-4-5-14-7-11(9)10/h1-8H,(H,15,16,17). The monoisotopic (exact) mass is 223 g/mol. The maximum atomic E-state index is 11.3. The van der Waals surface area contributed by atoms with E-state index in [2.05, 4.69) is 15.0 Å². The Morgan fingerprint density at radius 2 is 2.12 bits per heavy atom. The zero-order valence-electron chi connectivity index (χ0n) is 8.92. The highest BCUT2D eigenvalue weighted by Crippen LogP contribution is 2.25. The Labute approximate surface area is 97.0 Å². The molecular formula is C13H9N3O. The maximum Gasteiger partial charge on any atom is 0.251 e. The molecule has 0 fully saturated rings. The van der Waals surface area contributed by atoms with Crippen LogP contribution in [0.1, 0.15) is 0 Å². The van der Waals surface area contributed by atoms with E-state index in [1.807, 2.05) is 24.3 Å². The molecule has 0 bridgehead atoms. The van der Waals surface area contributed by atoms with Crippen LogP contribution in [0.3, 0.4) is 0 Å². The van der Waals surface area contributed by atoms with Crippen LogP contribution in [-0.2, 0) is 0 Å². The van der Waals surface area contributed by atoms with Crippen LogP contribution >= 0.6 is 0 Å². The second kappa shape index (κ2) is 3.83. The van der Waals surface area contributed by atoms with Gasteiger partial charge in [-0.15, -0.1) is 0 Å². The van der Waals surface area contributed by atoms with Crippen molar-refractivity contribution in [2.75, 3.05) is 0 Å². The molecule has 0 aliphatic rings. The topological polar surface area (TPSA) is 58.6 Å². The highest BCUT2D eigenvalue weighted by Gasteiger charge is 2.04. The summed E-state index contributed by atoms with van der Waals surface area (Å²) in [5, 5.41) is 2.08. The van der Waals surface area contributed by atoms with E-state index in [0.29, 0.717) is 5.69 Å². The van der Waals surface area contributed by atoms with Gasteiger partial charge in [-0.2, -0.15) is 0 Å². The summed E-state index contributed by atoms with van der Waals surface area (Å²) < 4.78 is 0. The van der Waals surface area contributed by atoms with Gasteiger partial charge in [0.2, 0.25) is 0 Å². The van der Waals surface area contributed by atoms with E-state index in [9.17, 15) is 4.79 Å². The van der Waals surface area contributed by atoms with Gasteiger partial charge in [0, 0.05) is 29.4 Å². The van der Waals surface area contributed by atoms with Crippen molar-refractivity contribution in [1.29, 1.82) is 0 Å². The SMILES string of the molecule is O=c1cc(-c2cccc3ccncc23)nc[nH]1. The summed E-state index contributed by atoms with van der Waals surface area (Å²) in [6.45, 7) is 0. The van der Waals surface area contributed by atoms with Crippen molar-refractivity contribution in [3.05, 3.63) is 59.4 Å². The summed E-state index contributed by atoms with van der Waals surface area (Å²) in [5.74, 6) is 0. The molecule has 1 N–H and O–H groups in total. The number of nitrogens with one attached hydrogen (secondary N) is 1. The van der Waals surface area contributed by atoms with Gasteiger partial charge in [0.15, 0.2) is 0 Å². The third kappa shape index (κ3) is 1.69. The van der Waals surface area contributed by atoms with Crippen molar-refractivity contribution in [3.8, 4) is 11.3 Å². The number of rotatable bonds is 1. The molecule has 0 saturated carbocycles. The summed E-state index contributed by atoms with van der Waals surface area (Å²) in [4.78, 5) is 22.1. The number of pyridine rings is 1. The number of nitrogens with zero attached hydrogens (tertiary/aromatic N) is 2. The summed E-state index contributed by atoms with van der Waals surface area (Å²) >= 11 is 0. The van der Waals surface area contributed by atoms with Crippen molar-refractivity contribution in [3.63, 3.8) is 0 Å². The molecule has 3 rings (SSSR count). The smallest absolute Gasteiger partial charge is 0.251 e. The van der Waals surface area contributed by atoms with E-state index in [1.54, 1.807) is 12.4 Å². The number of benzene rings is 1. The van der Waals surface area contributed by atoms with E-state index < -0.39 is 0 Å². The van der Waals surface area contributed by atoms with Crippen molar-refractivity contribution < 1.29 is 0 Å². The molecule has 0 aliphatic carbocycles. The first-order valence-electron chi connectivity index (χ1n) is 5.22. The van der Waals surface area contributed by atoms with Crippen LogP contribution in [0.5, 0.6) is 0 Å². The third-order valence-corrected chi connectivity index (χ3v) is 2.64. The van der Waals surface area contributed by atoms with Gasteiger partial charge in [0.05, 0.1) is 12.0 Å². The average Bonchev–Trinajstić information content (AvgIpc) is 2.38. The van der Waals surface area contributed by atoms with Gasteiger partial charge in [-0.3, -0.25) is 9.78 Å². The van der Waals surface area contributed by atoms with Crippen molar-refractivity contribution >= 4 is 10.8 Å². The van der Waals surface area contributed by atoms with Crippen molar-refractivity contribution in [2.24, 2.45) is 0 Å². The molecule has 4 nitrogen and oxygen atoms in total. The molecule has 0 atom stereocenters. The highest BCUT2D eigenvalue weighted by atomic mass is 16.1. The normalized spacial score (nSPS) is 10.6. The molecule has 0 radical (unpaired) electrons. The van der Waals surface area contributed by atoms with Crippen LogP contribution in [-0.4, -0.2) is 15.0 Å². The summed E-state index contributed by atoms with van der Waals surface area (Å²) in [6, 6.07) is 9.31. The molecule has 17 heavy (non-hydrogen) atoms. The molecule has 0 spiro atoms. The largest absolute Gasteiger partial charge is 0.313 e. The molecule has 0 aliphatic heterocycles. The minimum atomic E-state index is -0.157. The van der Waals surface area contributed by atoms with E-state index in [4.69, 9.17) is 0 Å². The summed E-state index contributed by atoms with van der Waals surface area (Å²) in [5.41, 5.74) is 1.42. The molecule has 2 heterocycles. The molecule has 2 aromatic heterocycles. The molecule has 4 heteroatoms. The lowest BCUT2D eigenvalue weighted by Crippen LogP contribution is -2.04. The van der Waals surface area contributed by atoms with Gasteiger partial charge in [-0.05, 0) is 11.5 Å². The van der Waals surface area contributed by atoms with E-state index in [-0.39, 0.29) is 5.56 Å². The Hall–Kier alpha value is -2.49. The van der Waals surface area contributed by atoms with Crippen LogP contribution in [0.25, 0.3) is 22.0 Å². The predicted molar refractivity (Wildman–Crippen MR) is 65.6 cm³/mol. The Balaban J connectivity index is 2.34. The molecule has 1 aromatic carbocycles. The first kappa shape index (κ1) is 9.72. The van der Waals surface area contributed by atoms with Gasteiger partial charge in [0.1, 0.15) is 0 Å². The Bertz CT molecular complexity index is 728.